The highest BCUT2D eigenvalue weighted by Gasteiger charge is 2.11. The number of aromatic hydroxyl groups is 1. The van der Waals surface area contributed by atoms with Gasteiger partial charge in [-0.05, 0) is 12.5 Å². The lowest BCUT2D eigenvalue weighted by molar-refractivity contribution is 0.450. The molecule has 4 nitrogen and oxygen atoms in total. The molecule has 0 aliphatic carbocycles. The summed E-state index contributed by atoms with van der Waals surface area (Å²) in [7, 11) is 0. The van der Waals surface area contributed by atoms with Crippen LogP contribution in [0.4, 0.5) is 0 Å². The standard InChI is InChI=1S/C13H10N2O2/c1-8-3-2-4-9(5-8)10-6-12(16)15-13(17)11(10)7-14/h2-6H,1H3,(H2,15,16,17). The predicted molar refractivity (Wildman–Crippen MR) is 63.6 cm³/mol. The molecule has 0 atom stereocenters. The molecule has 17 heavy (non-hydrogen) atoms. The molecule has 84 valence electrons. The minimum absolute atomic E-state index is 0.0789. The summed E-state index contributed by atoms with van der Waals surface area (Å²) < 4.78 is 0. The molecule has 0 spiro atoms. The van der Waals surface area contributed by atoms with E-state index < -0.39 is 11.4 Å². The number of hydrogen-bond donors (Lipinski definition) is 2. The average Bonchev–Trinajstić information content (AvgIpc) is 2.28. The quantitative estimate of drug-likeness (QED) is 0.779. The fraction of sp³-hybridized carbons (Fsp3) is 0.0769. The molecule has 1 aromatic carbocycles. The summed E-state index contributed by atoms with van der Waals surface area (Å²) in [6.07, 6.45) is 0. The van der Waals surface area contributed by atoms with Crippen LogP contribution in [0, 0.1) is 18.3 Å². The van der Waals surface area contributed by atoms with Crippen LogP contribution in [0.25, 0.3) is 11.1 Å². The molecule has 0 saturated carbocycles. The Morgan fingerprint density at radius 1 is 1.35 bits per heavy atom. The highest BCUT2D eigenvalue weighted by Crippen LogP contribution is 2.26. The maximum absolute atomic E-state index is 11.3. The van der Waals surface area contributed by atoms with Crippen LogP contribution in [0.5, 0.6) is 5.88 Å². The van der Waals surface area contributed by atoms with E-state index in [1.807, 2.05) is 31.2 Å². The van der Waals surface area contributed by atoms with E-state index in [0.717, 1.165) is 11.1 Å². The van der Waals surface area contributed by atoms with Gasteiger partial charge in [-0.1, -0.05) is 29.8 Å². The van der Waals surface area contributed by atoms with Crippen LogP contribution < -0.4 is 5.56 Å². The van der Waals surface area contributed by atoms with Gasteiger partial charge in [0.2, 0.25) is 5.88 Å². The molecular weight excluding hydrogens is 216 g/mol. The van der Waals surface area contributed by atoms with Crippen LogP contribution in [0.3, 0.4) is 0 Å². The zero-order valence-electron chi connectivity index (χ0n) is 9.19. The SMILES string of the molecule is Cc1cccc(-c2cc(=O)[nH]c(O)c2C#N)c1. The van der Waals surface area contributed by atoms with Gasteiger partial charge in [0.25, 0.3) is 5.56 Å². The van der Waals surface area contributed by atoms with E-state index in [1.54, 1.807) is 6.07 Å². The highest BCUT2D eigenvalue weighted by molar-refractivity contribution is 5.72. The molecule has 0 bridgehead atoms. The number of nitriles is 1. The van der Waals surface area contributed by atoms with Crippen LogP contribution >= 0.6 is 0 Å². The molecule has 0 unspecified atom stereocenters. The Bertz CT molecular complexity index is 666. The summed E-state index contributed by atoms with van der Waals surface area (Å²) in [6, 6.07) is 10.6. The summed E-state index contributed by atoms with van der Waals surface area (Å²) in [5, 5.41) is 18.5. The first-order valence-corrected chi connectivity index (χ1v) is 5.05. The first-order valence-electron chi connectivity index (χ1n) is 5.05. The van der Waals surface area contributed by atoms with Crippen molar-refractivity contribution in [2.45, 2.75) is 6.92 Å². The number of aromatic nitrogens is 1. The van der Waals surface area contributed by atoms with Gasteiger partial charge in [-0.3, -0.25) is 9.78 Å². The summed E-state index contributed by atoms with van der Waals surface area (Å²) in [6.45, 7) is 1.92. The maximum Gasteiger partial charge on any atom is 0.251 e. The van der Waals surface area contributed by atoms with Crippen LogP contribution in [-0.4, -0.2) is 10.1 Å². The third kappa shape index (κ3) is 2.04. The van der Waals surface area contributed by atoms with Crippen molar-refractivity contribution in [2.24, 2.45) is 0 Å². The third-order valence-electron chi connectivity index (χ3n) is 2.46. The van der Waals surface area contributed by atoms with Crippen molar-refractivity contribution >= 4 is 0 Å². The van der Waals surface area contributed by atoms with E-state index in [2.05, 4.69) is 4.98 Å². The number of rotatable bonds is 1. The normalized spacial score (nSPS) is 9.88. The number of benzene rings is 1. The molecule has 4 heteroatoms. The van der Waals surface area contributed by atoms with Gasteiger partial charge in [0.05, 0.1) is 0 Å². The van der Waals surface area contributed by atoms with Crippen LogP contribution in [-0.2, 0) is 0 Å². The van der Waals surface area contributed by atoms with Gasteiger partial charge in [-0.25, -0.2) is 0 Å². The Labute approximate surface area is 97.8 Å². The summed E-state index contributed by atoms with van der Waals surface area (Å²) in [5.74, 6) is -0.392. The van der Waals surface area contributed by atoms with E-state index in [9.17, 15) is 9.90 Å². The Balaban J connectivity index is 2.76. The monoisotopic (exact) mass is 226 g/mol. The molecule has 0 amide bonds. The Morgan fingerprint density at radius 2 is 2.12 bits per heavy atom. The predicted octanol–water partition coefficient (Wildman–Crippen LogP) is 1.93. The zero-order chi connectivity index (χ0) is 12.4. The molecule has 0 saturated heterocycles. The van der Waals surface area contributed by atoms with E-state index in [1.165, 1.54) is 6.07 Å². The molecule has 2 N–H and O–H groups in total. The van der Waals surface area contributed by atoms with Crippen molar-refractivity contribution in [2.75, 3.05) is 0 Å². The van der Waals surface area contributed by atoms with Gasteiger partial charge in [-0.2, -0.15) is 5.26 Å². The van der Waals surface area contributed by atoms with Crippen LogP contribution in [0.1, 0.15) is 11.1 Å². The van der Waals surface area contributed by atoms with E-state index >= 15 is 0 Å². The number of aryl methyl sites for hydroxylation is 1. The molecule has 2 rings (SSSR count). The topological polar surface area (TPSA) is 76.9 Å². The van der Waals surface area contributed by atoms with Crippen molar-refractivity contribution in [1.82, 2.24) is 4.98 Å². The third-order valence-corrected chi connectivity index (χ3v) is 2.46. The van der Waals surface area contributed by atoms with Gasteiger partial charge >= 0.3 is 0 Å². The molecule has 0 aliphatic heterocycles. The molecule has 2 aromatic rings. The molecule has 1 aromatic heterocycles. The summed E-state index contributed by atoms with van der Waals surface area (Å²) in [4.78, 5) is 13.5. The number of hydrogen-bond acceptors (Lipinski definition) is 3. The van der Waals surface area contributed by atoms with Crippen molar-refractivity contribution in [3.05, 3.63) is 51.8 Å². The van der Waals surface area contributed by atoms with E-state index in [4.69, 9.17) is 5.26 Å². The van der Waals surface area contributed by atoms with Crippen molar-refractivity contribution < 1.29 is 5.11 Å². The largest absolute Gasteiger partial charge is 0.494 e. The minimum Gasteiger partial charge on any atom is -0.494 e. The fourth-order valence-corrected chi connectivity index (χ4v) is 1.70. The highest BCUT2D eigenvalue weighted by atomic mass is 16.3. The number of pyridine rings is 1. The van der Waals surface area contributed by atoms with Gasteiger partial charge in [0.1, 0.15) is 11.6 Å². The smallest absolute Gasteiger partial charge is 0.251 e. The number of H-pyrrole nitrogens is 1. The first kappa shape index (κ1) is 11.0. The first-order chi connectivity index (χ1) is 8.11. The Kier molecular flexibility index (Phi) is 2.67. The minimum atomic E-state index is -0.432. The fourth-order valence-electron chi connectivity index (χ4n) is 1.70. The second kappa shape index (κ2) is 4.14. The van der Waals surface area contributed by atoms with Crippen molar-refractivity contribution in [3.8, 4) is 23.1 Å². The number of nitrogens with one attached hydrogen (secondary N) is 1. The van der Waals surface area contributed by atoms with E-state index in [0.29, 0.717) is 5.56 Å². The maximum atomic E-state index is 11.3. The number of aromatic amines is 1. The molecule has 0 radical (unpaired) electrons. The summed E-state index contributed by atoms with van der Waals surface area (Å²) >= 11 is 0. The number of nitrogens with zero attached hydrogens (tertiary/aromatic N) is 1. The van der Waals surface area contributed by atoms with Gasteiger partial charge in [-0.15, -0.1) is 0 Å². The molecule has 1 heterocycles. The summed E-state index contributed by atoms with van der Waals surface area (Å²) in [5.41, 5.74) is 1.85. The van der Waals surface area contributed by atoms with Crippen molar-refractivity contribution in [1.29, 1.82) is 5.26 Å². The lowest BCUT2D eigenvalue weighted by Crippen LogP contribution is -2.06. The molecular formula is C13H10N2O2. The lowest BCUT2D eigenvalue weighted by Gasteiger charge is -2.05. The van der Waals surface area contributed by atoms with Crippen LogP contribution in [0.15, 0.2) is 35.1 Å². The molecule has 0 fully saturated rings. The second-order valence-corrected chi connectivity index (χ2v) is 3.75. The Hall–Kier alpha value is -2.54. The van der Waals surface area contributed by atoms with Crippen molar-refractivity contribution in [3.63, 3.8) is 0 Å². The van der Waals surface area contributed by atoms with E-state index in [-0.39, 0.29) is 5.56 Å². The molecule has 0 aliphatic rings. The van der Waals surface area contributed by atoms with Gasteiger partial charge in [0.15, 0.2) is 0 Å². The second-order valence-electron chi connectivity index (χ2n) is 3.75. The van der Waals surface area contributed by atoms with Gasteiger partial charge in [0, 0.05) is 11.6 Å². The Morgan fingerprint density at radius 3 is 2.76 bits per heavy atom. The average molecular weight is 226 g/mol. The zero-order valence-corrected chi connectivity index (χ0v) is 9.19. The van der Waals surface area contributed by atoms with Crippen LogP contribution in [0.2, 0.25) is 0 Å². The van der Waals surface area contributed by atoms with Gasteiger partial charge < -0.3 is 5.11 Å². The lowest BCUT2D eigenvalue weighted by atomic mass is 10.0.